The molecule has 0 unspecified atom stereocenters. The van der Waals surface area contributed by atoms with Crippen molar-refractivity contribution >= 4 is 17.4 Å². The summed E-state index contributed by atoms with van der Waals surface area (Å²) in [5.74, 6) is 1.68. The highest BCUT2D eigenvalue weighted by Crippen LogP contribution is 2.31. The van der Waals surface area contributed by atoms with Gasteiger partial charge in [0.1, 0.15) is 13.2 Å². The van der Waals surface area contributed by atoms with Gasteiger partial charge in [-0.25, -0.2) is 0 Å². The maximum atomic E-state index is 5.60. The lowest BCUT2D eigenvalue weighted by Crippen LogP contribution is -2.15. The molecule has 0 atom stereocenters. The third-order valence-electron chi connectivity index (χ3n) is 3.17. The first-order valence-corrected chi connectivity index (χ1v) is 7.84. The summed E-state index contributed by atoms with van der Waals surface area (Å²) in [4.78, 5) is 1.26. The molecule has 3 nitrogen and oxygen atoms in total. The van der Waals surface area contributed by atoms with Crippen LogP contribution in [0.25, 0.3) is 0 Å². The smallest absolute Gasteiger partial charge is 0.161 e. The molecule has 2 aromatic rings. The molecule has 2 aromatic carbocycles. The number of anilines is 1. The second-order valence-electron chi connectivity index (χ2n) is 4.56. The topological polar surface area (TPSA) is 30.5 Å². The minimum atomic E-state index is 0.625. The molecule has 0 bridgehead atoms. The number of hydrogen-bond donors (Lipinski definition) is 1. The Morgan fingerprint density at radius 3 is 2.75 bits per heavy atom. The molecule has 0 radical (unpaired) electrons. The number of benzene rings is 2. The van der Waals surface area contributed by atoms with Crippen molar-refractivity contribution < 1.29 is 9.47 Å². The van der Waals surface area contributed by atoms with E-state index in [9.17, 15) is 0 Å². The van der Waals surface area contributed by atoms with Crippen LogP contribution in [0, 0.1) is 0 Å². The van der Waals surface area contributed by atoms with E-state index in [-0.39, 0.29) is 0 Å². The van der Waals surface area contributed by atoms with Crippen LogP contribution in [0.1, 0.15) is 5.56 Å². The fraction of sp³-hybridized carbons (Fsp3) is 0.250. The lowest BCUT2D eigenvalue weighted by atomic mass is 10.2. The molecule has 104 valence electrons. The van der Waals surface area contributed by atoms with E-state index in [1.165, 1.54) is 10.5 Å². The van der Waals surface area contributed by atoms with Crippen molar-refractivity contribution in [1.82, 2.24) is 0 Å². The molecule has 0 aromatic heterocycles. The predicted octanol–water partition coefficient (Wildman–Crippen LogP) is 3.79. The standard InChI is InChI=1S/C16H17NO2S/c1-20-14-4-2-3-13(10-14)17-11-12-5-6-15-16(9-12)19-8-7-18-15/h2-6,9-10,17H,7-8,11H2,1H3. The monoisotopic (exact) mass is 287 g/mol. The number of nitrogens with one attached hydrogen (secondary N) is 1. The van der Waals surface area contributed by atoms with Gasteiger partial charge in [0.25, 0.3) is 0 Å². The number of rotatable bonds is 4. The Morgan fingerprint density at radius 1 is 1.05 bits per heavy atom. The summed E-state index contributed by atoms with van der Waals surface area (Å²) in [6, 6.07) is 14.5. The van der Waals surface area contributed by atoms with E-state index in [2.05, 4.69) is 41.9 Å². The van der Waals surface area contributed by atoms with E-state index in [4.69, 9.17) is 9.47 Å². The fourth-order valence-corrected chi connectivity index (χ4v) is 2.59. The molecule has 3 rings (SSSR count). The number of fused-ring (bicyclic) bond motifs is 1. The van der Waals surface area contributed by atoms with Gasteiger partial charge in [-0.05, 0) is 42.2 Å². The van der Waals surface area contributed by atoms with Gasteiger partial charge in [0, 0.05) is 17.1 Å². The van der Waals surface area contributed by atoms with Gasteiger partial charge in [0.2, 0.25) is 0 Å². The van der Waals surface area contributed by atoms with Crippen molar-refractivity contribution in [3.8, 4) is 11.5 Å². The summed E-state index contributed by atoms with van der Waals surface area (Å²) in [5, 5.41) is 3.43. The molecule has 0 saturated heterocycles. The summed E-state index contributed by atoms with van der Waals surface area (Å²) < 4.78 is 11.1. The highest BCUT2D eigenvalue weighted by molar-refractivity contribution is 7.98. The van der Waals surface area contributed by atoms with E-state index < -0.39 is 0 Å². The molecule has 0 aliphatic carbocycles. The normalized spacial score (nSPS) is 13.1. The molecule has 0 saturated carbocycles. The lowest BCUT2D eigenvalue weighted by Gasteiger charge is -2.19. The van der Waals surface area contributed by atoms with E-state index in [0.29, 0.717) is 13.2 Å². The Bertz CT molecular complexity index is 601. The Morgan fingerprint density at radius 2 is 1.90 bits per heavy atom. The van der Waals surface area contributed by atoms with Gasteiger partial charge in [-0.2, -0.15) is 0 Å². The highest BCUT2D eigenvalue weighted by atomic mass is 32.2. The van der Waals surface area contributed by atoms with Gasteiger partial charge in [-0.1, -0.05) is 12.1 Å². The van der Waals surface area contributed by atoms with Crippen LogP contribution in [0.5, 0.6) is 11.5 Å². The largest absolute Gasteiger partial charge is 0.486 e. The first-order valence-electron chi connectivity index (χ1n) is 6.61. The van der Waals surface area contributed by atoms with E-state index in [1.807, 2.05) is 12.1 Å². The van der Waals surface area contributed by atoms with Crippen molar-refractivity contribution in [2.45, 2.75) is 11.4 Å². The highest BCUT2D eigenvalue weighted by Gasteiger charge is 2.11. The zero-order valence-corrected chi connectivity index (χ0v) is 12.2. The van der Waals surface area contributed by atoms with Crippen molar-refractivity contribution in [3.63, 3.8) is 0 Å². The molecule has 1 aliphatic heterocycles. The lowest BCUT2D eigenvalue weighted by molar-refractivity contribution is 0.171. The Hall–Kier alpha value is -1.81. The Balaban J connectivity index is 1.68. The summed E-state index contributed by atoms with van der Waals surface area (Å²) >= 11 is 1.75. The summed E-state index contributed by atoms with van der Waals surface area (Å²) in [6.07, 6.45) is 2.08. The van der Waals surface area contributed by atoms with Gasteiger partial charge in [-0.3, -0.25) is 0 Å². The zero-order valence-electron chi connectivity index (χ0n) is 11.4. The fourth-order valence-electron chi connectivity index (χ4n) is 2.13. The second kappa shape index (κ2) is 6.09. The molecular weight excluding hydrogens is 270 g/mol. The van der Waals surface area contributed by atoms with Gasteiger partial charge in [-0.15, -0.1) is 11.8 Å². The van der Waals surface area contributed by atoms with Crippen LogP contribution in [0.3, 0.4) is 0 Å². The molecule has 20 heavy (non-hydrogen) atoms. The zero-order chi connectivity index (χ0) is 13.8. The summed E-state index contributed by atoms with van der Waals surface area (Å²) in [7, 11) is 0. The van der Waals surface area contributed by atoms with Crippen LogP contribution >= 0.6 is 11.8 Å². The minimum absolute atomic E-state index is 0.625. The average molecular weight is 287 g/mol. The van der Waals surface area contributed by atoms with E-state index >= 15 is 0 Å². The first-order chi connectivity index (χ1) is 9.85. The SMILES string of the molecule is CSc1cccc(NCc2ccc3c(c2)OCCO3)c1. The third kappa shape index (κ3) is 3.02. The van der Waals surface area contributed by atoms with Gasteiger partial charge >= 0.3 is 0 Å². The summed E-state index contributed by atoms with van der Waals surface area (Å²) in [6.45, 7) is 2.03. The third-order valence-corrected chi connectivity index (χ3v) is 3.90. The maximum absolute atomic E-state index is 5.60. The van der Waals surface area contributed by atoms with Crippen LogP contribution in [0.15, 0.2) is 47.4 Å². The Labute approximate surface area is 123 Å². The number of thioether (sulfide) groups is 1. The molecule has 0 amide bonds. The molecule has 1 aliphatic rings. The van der Waals surface area contributed by atoms with Crippen LogP contribution in [-0.4, -0.2) is 19.5 Å². The number of hydrogen-bond acceptors (Lipinski definition) is 4. The van der Waals surface area contributed by atoms with Crippen molar-refractivity contribution in [1.29, 1.82) is 0 Å². The molecule has 1 N–H and O–H groups in total. The molecular formula is C16H17NO2S. The van der Waals surface area contributed by atoms with Gasteiger partial charge in [0.15, 0.2) is 11.5 Å². The van der Waals surface area contributed by atoms with Gasteiger partial charge in [0.05, 0.1) is 0 Å². The van der Waals surface area contributed by atoms with Crippen molar-refractivity contribution in [3.05, 3.63) is 48.0 Å². The van der Waals surface area contributed by atoms with E-state index in [0.717, 1.165) is 23.7 Å². The van der Waals surface area contributed by atoms with Crippen LogP contribution in [0.2, 0.25) is 0 Å². The van der Waals surface area contributed by atoms with Crippen LogP contribution in [0.4, 0.5) is 5.69 Å². The van der Waals surface area contributed by atoms with Crippen LogP contribution in [-0.2, 0) is 6.54 Å². The quantitative estimate of drug-likeness (QED) is 0.867. The van der Waals surface area contributed by atoms with Gasteiger partial charge < -0.3 is 14.8 Å². The first kappa shape index (κ1) is 13.2. The van der Waals surface area contributed by atoms with Crippen molar-refractivity contribution in [2.24, 2.45) is 0 Å². The molecule has 0 fully saturated rings. The molecule has 4 heteroatoms. The second-order valence-corrected chi connectivity index (χ2v) is 5.44. The maximum Gasteiger partial charge on any atom is 0.161 e. The summed E-state index contributed by atoms with van der Waals surface area (Å²) in [5.41, 5.74) is 2.32. The Kier molecular flexibility index (Phi) is 4.02. The predicted molar refractivity (Wildman–Crippen MR) is 83.0 cm³/mol. The van der Waals surface area contributed by atoms with Crippen molar-refractivity contribution in [2.75, 3.05) is 24.8 Å². The molecule has 0 spiro atoms. The van der Waals surface area contributed by atoms with E-state index in [1.54, 1.807) is 11.8 Å². The molecule has 1 heterocycles. The number of ether oxygens (including phenoxy) is 2. The minimum Gasteiger partial charge on any atom is -0.486 e. The average Bonchev–Trinajstić information content (AvgIpc) is 2.53. The van der Waals surface area contributed by atoms with Crippen LogP contribution < -0.4 is 14.8 Å².